The van der Waals surface area contributed by atoms with Crippen molar-refractivity contribution in [1.29, 1.82) is 0 Å². The minimum atomic E-state index is -0.308. The fourth-order valence-corrected chi connectivity index (χ4v) is 3.10. The summed E-state index contributed by atoms with van der Waals surface area (Å²) in [5, 5.41) is 20.0. The Balaban J connectivity index is 2.22. The zero-order chi connectivity index (χ0) is 16.4. The van der Waals surface area contributed by atoms with Gasteiger partial charge in [0.05, 0.1) is 11.6 Å². The molecule has 0 saturated heterocycles. The van der Waals surface area contributed by atoms with Crippen LogP contribution in [-0.4, -0.2) is 15.2 Å². The molecule has 0 radical (unpaired) electrons. The molecule has 0 saturated carbocycles. The van der Waals surface area contributed by atoms with Crippen LogP contribution in [-0.2, 0) is 0 Å². The number of aromatic hydroxyl groups is 2. The van der Waals surface area contributed by atoms with Crippen LogP contribution in [0.25, 0.3) is 0 Å². The molecule has 2 aromatic carbocycles. The number of phenols is 2. The van der Waals surface area contributed by atoms with E-state index in [2.05, 4.69) is 4.98 Å². The summed E-state index contributed by atoms with van der Waals surface area (Å²) in [6.45, 7) is 0. The lowest BCUT2D eigenvalue weighted by atomic mass is 9.88. The highest BCUT2D eigenvalue weighted by Gasteiger charge is 2.23. The fraction of sp³-hybridized carbons (Fsp3) is 0.0556. The van der Waals surface area contributed by atoms with Crippen molar-refractivity contribution < 1.29 is 10.2 Å². The number of pyridine rings is 1. The first kappa shape index (κ1) is 15.7. The molecule has 23 heavy (non-hydrogen) atoms. The highest BCUT2D eigenvalue weighted by molar-refractivity contribution is 6.32. The largest absolute Gasteiger partial charge is 0.508 e. The van der Waals surface area contributed by atoms with Crippen molar-refractivity contribution in [3.63, 3.8) is 0 Å². The highest BCUT2D eigenvalue weighted by Crippen LogP contribution is 2.40. The normalized spacial score (nSPS) is 10.9. The van der Waals surface area contributed by atoms with Crippen molar-refractivity contribution in [3.8, 4) is 11.5 Å². The number of hydrogen-bond donors (Lipinski definition) is 2. The Bertz CT molecular complexity index is 786. The molecule has 1 aromatic heterocycles. The average Bonchev–Trinajstić information content (AvgIpc) is 2.52. The van der Waals surface area contributed by atoms with Crippen LogP contribution in [0.15, 0.2) is 60.8 Å². The molecule has 0 aliphatic carbocycles. The predicted molar refractivity (Wildman–Crippen MR) is 91.4 cm³/mol. The molecular formula is C18H13Cl2NO2. The highest BCUT2D eigenvalue weighted by atomic mass is 35.5. The zero-order valence-corrected chi connectivity index (χ0v) is 13.5. The van der Waals surface area contributed by atoms with Crippen LogP contribution in [0, 0.1) is 0 Å². The van der Waals surface area contributed by atoms with Gasteiger partial charge in [0, 0.05) is 16.2 Å². The van der Waals surface area contributed by atoms with E-state index in [-0.39, 0.29) is 17.4 Å². The van der Waals surface area contributed by atoms with E-state index in [0.29, 0.717) is 10.0 Å². The average molecular weight is 346 g/mol. The third kappa shape index (κ3) is 3.26. The maximum atomic E-state index is 9.59. The van der Waals surface area contributed by atoms with Crippen molar-refractivity contribution in [1.82, 2.24) is 4.98 Å². The fourth-order valence-electron chi connectivity index (χ4n) is 2.53. The molecule has 3 aromatic rings. The minimum absolute atomic E-state index is 0.0929. The van der Waals surface area contributed by atoms with E-state index in [9.17, 15) is 10.2 Å². The molecule has 116 valence electrons. The summed E-state index contributed by atoms with van der Waals surface area (Å²) in [5.41, 5.74) is 2.32. The number of aromatic nitrogens is 1. The van der Waals surface area contributed by atoms with Gasteiger partial charge in [-0.05, 0) is 47.5 Å². The summed E-state index contributed by atoms with van der Waals surface area (Å²) in [7, 11) is 0. The molecule has 0 amide bonds. The van der Waals surface area contributed by atoms with E-state index in [0.717, 1.165) is 16.8 Å². The minimum Gasteiger partial charge on any atom is -0.508 e. The van der Waals surface area contributed by atoms with Crippen LogP contribution in [0.5, 0.6) is 11.5 Å². The number of nitrogens with zero attached hydrogens (tertiary/aromatic N) is 1. The van der Waals surface area contributed by atoms with E-state index in [1.54, 1.807) is 30.5 Å². The van der Waals surface area contributed by atoms with E-state index in [4.69, 9.17) is 23.2 Å². The van der Waals surface area contributed by atoms with Crippen LogP contribution in [0.2, 0.25) is 10.0 Å². The van der Waals surface area contributed by atoms with Crippen molar-refractivity contribution in [3.05, 3.63) is 87.7 Å². The predicted octanol–water partition coefficient (Wildman–Crippen LogP) is 4.98. The Kier molecular flexibility index (Phi) is 4.42. The number of phenolic OH excluding ortho intramolecular Hbond substituents is 2. The molecule has 0 unspecified atom stereocenters. The lowest BCUT2D eigenvalue weighted by Crippen LogP contribution is -2.06. The van der Waals surface area contributed by atoms with Gasteiger partial charge in [0.2, 0.25) is 0 Å². The molecule has 0 atom stereocenters. The molecular weight excluding hydrogens is 333 g/mol. The second-order valence-electron chi connectivity index (χ2n) is 5.10. The maximum absolute atomic E-state index is 9.59. The van der Waals surface area contributed by atoms with Gasteiger partial charge in [-0.15, -0.1) is 0 Å². The molecule has 2 N–H and O–H groups in total. The van der Waals surface area contributed by atoms with E-state index in [1.807, 2.05) is 18.2 Å². The first-order valence-corrected chi connectivity index (χ1v) is 7.69. The molecule has 0 aliphatic rings. The van der Waals surface area contributed by atoms with Crippen molar-refractivity contribution >= 4 is 23.2 Å². The zero-order valence-electron chi connectivity index (χ0n) is 11.9. The van der Waals surface area contributed by atoms with Crippen LogP contribution in [0.4, 0.5) is 0 Å². The van der Waals surface area contributed by atoms with E-state index >= 15 is 0 Å². The Morgan fingerprint density at radius 3 is 1.78 bits per heavy atom. The van der Waals surface area contributed by atoms with Gasteiger partial charge in [-0.1, -0.05) is 41.4 Å². The van der Waals surface area contributed by atoms with Crippen LogP contribution >= 0.6 is 23.2 Å². The van der Waals surface area contributed by atoms with Gasteiger partial charge in [0.15, 0.2) is 0 Å². The lowest BCUT2D eigenvalue weighted by molar-refractivity contribution is 0.475. The van der Waals surface area contributed by atoms with Crippen LogP contribution in [0.3, 0.4) is 0 Å². The van der Waals surface area contributed by atoms with Crippen molar-refractivity contribution in [2.45, 2.75) is 5.92 Å². The maximum Gasteiger partial charge on any atom is 0.117 e. The number of hydrogen-bond acceptors (Lipinski definition) is 3. The number of halogens is 2. The quantitative estimate of drug-likeness (QED) is 0.703. The first-order valence-electron chi connectivity index (χ1n) is 6.94. The Morgan fingerprint density at radius 1 is 0.783 bits per heavy atom. The Labute approximate surface area is 143 Å². The van der Waals surface area contributed by atoms with Crippen LogP contribution in [0.1, 0.15) is 22.7 Å². The van der Waals surface area contributed by atoms with Gasteiger partial charge in [-0.25, -0.2) is 0 Å². The van der Waals surface area contributed by atoms with Gasteiger partial charge in [-0.3, -0.25) is 4.98 Å². The topological polar surface area (TPSA) is 53.4 Å². The molecule has 5 heteroatoms. The lowest BCUT2D eigenvalue weighted by Gasteiger charge is -2.20. The first-order chi connectivity index (χ1) is 11.1. The SMILES string of the molecule is Oc1ccc(C(c2ccccn2)c2ccc(O)cc2Cl)c(Cl)c1. The summed E-state index contributed by atoms with van der Waals surface area (Å²) in [5.74, 6) is -0.122. The van der Waals surface area contributed by atoms with Gasteiger partial charge in [0.25, 0.3) is 0 Å². The van der Waals surface area contributed by atoms with Gasteiger partial charge in [-0.2, -0.15) is 0 Å². The van der Waals surface area contributed by atoms with E-state index < -0.39 is 0 Å². The van der Waals surface area contributed by atoms with Crippen molar-refractivity contribution in [2.24, 2.45) is 0 Å². The van der Waals surface area contributed by atoms with Gasteiger partial charge >= 0.3 is 0 Å². The molecule has 0 aliphatic heterocycles. The standard InChI is InChI=1S/C18H13Cl2NO2/c19-15-9-11(22)4-6-13(15)18(17-3-1-2-8-21-17)14-7-5-12(23)10-16(14)20/h1-10,18,22-23H. The smallest absolute Gasteiger partial charge is 0.117 e. The van der Waals surface area contributed by atoms with Crippen molar-refractivity contribution in [2.75, 3.05) is 0 Å². The second kappa shape index (κ2) is 6.49. The monoisotopic (exact) mass is 345 g/mol. The van der Waals surface area contributed by atoms with E-state index in [1.165, 1.54) is 12.1 Å². The summed E-state index contributed by atoms with van der Waals surface area (Å²) in [4.78, 5) is 4.42. The summed E-state index contributed by atoms with van der Waals surface area (Å²) >= 11 is 12.7. The Morgan fingerprint density at radius 2 is 1.35 bits per heavy atom. The van der Waals surface area contributed by atoms with Gasteiger partial charge in [0.1, 0.15) is 11.5 Å². The molecule has 1 heterocycles. The number of benzene rings is 2. The summed E-state index contributed by atoms with van der Waals surface area (Å²) < 4.78 is 0. The third-order valence-corrected chi connectivity index (χ3v) is 4.23. The Hall–Kier alpha value is -2.23. The molecule has 3 rings (SSSR count). The molecule has 3 nitrogen and oxygen atoms in total. The third-order valence-electron chi connectivity index (χ3n) is 3.57. The van der Waals surface area contributed by atoms with Crippen LogP contribution < -0.4 is 0 Å². The number of rotatable bonds is 3. The molecule has 0 fully saturated rings. The van der Waals surface area contributed by atoms with Gasteiger partial charge < -0.3 is 10.2 Å². The summed E-state index contributed by atoms with van der Waals surface area (Å²) in [6.07, 6.45) is 1.70. The summed E-state index contributed by atoms with van der Waals surface area (Å²) in [6, 6.07) is 15.2. The molecule has 0 spiro atoms. The second-order valence-corrected chi connectivity index (χ2v) is 5.91. The molecule has 0 bridgehead atoms.